The first-order chi connectivity index (χ1) is 14.8. The van der Waals surface area contributed by atoms with E-state index in [4.69, 9.17) is 4.74 Å². The zero-order chi connectivity index (χ0) is 22.3. The SMILES string of the molecule is COc1cc(C2C3=C(CCCC3=O)N(CCC(=O)O)C3=C2C(=O)CCC3)cc(I)c1O. The van der Waals surface area contributed by atoms with Crippen molar-refractivity contribution >= 4 is 40.1 Å². The van der Waals surface area contributed by atoms with Crippen LogP contribution in [0.15, 0.2) is 34.7 Å². The molecule has 31 heavy (non-hydrogen) atoms. The van der Waals surface area contributed by atoms with E-state index in [-0.39, 0.29) is 30.3 Å². The van der Waals surface area contributed by atoms with Crippen molar-refractivity contribution in [2.45, 2.75) is 50.9 Å². The third-order valence-electron chi connectivity index (χ3n) is 6.24. The second kappa shape index (κ2) is 8.64. The van der Waals surface area contributed by atoms with Gasteiger partial charge in [-0.25, -0.2) is 0 Å². The number of ether oxygens (including phenoxy) is 1. The number of ketones is 2. The van der Waals surface area contributed by atoms with Gasteiger partial charge in [-0.05, 0) is 66.0 Å². The van der Waals surface area contributed by atoms with Gasteiger partial charge in [0.25, 0.3) is 0 Å². The lowest BCUT2D eigenvalue weighted by atomic mass is 9.71. The zero-order valence-corrected chi connectivity index (χ0v) is 19.4. The van der Waals surface area contributed by atoms with Crippen LogP contribution in [0, 0.1) is 3.57 Å². The fraction of sp³-hybridized carbons (Fsp3) is 0.435. The molecule has 7 nitrogen and oxygen atoms in total. The predicted octanol–water partition coefficient (Wildman–Crippen LogP) is 3.89. The number of phenolic OH excluding ortho intramolecular Hbond substituents is 1. The number of nitrogens with zero attached hydrogens (tertiary/aromatic N) is 1. The van der Waals surface area contributed by atoms with Crippen LogP contribution in [0.3, 0.4) is 0 Å². The minimum Gasteiger partial charge on any atom is -0.504 e. The number of carbonyl (C=O) groups excluding carboxylic acids is 2. The topological polar surface area (TPSA) is 104 Å². The number of hydrogen-bond donors (Lipinski definition) is 2. The van der Waals surface area contributed by atoms with Crippen molar-refractivity contribution in [3.63, 3.8) is 0 Å². The van der Waals surface area contributed by atoms with Gasteiger partial charge in [0.05, 0.1) is 17.1 Å². The van der Waals surface area contributed by atoms with Crippen molar-refractivity contribution in [2.24, 2.45) is 0 Å². The summed E-state index contributed by atoms with van der Waals surface area (Å²) in [7, 11) is 1.47. The molecule has 3 aliphatic rings. The number of aliphatic carboxylic acids is 1. The number of phenols is 1. The van der Waals surface area contributed by atoms with Crippen molar-refractivity contribution in [2.75, 3.05) is 13.7 Å². The van der Waals surface area contributed by atoms with E-state index >= 15 is 0 Å². The van der Waals surface area contributed by atoms with Gasteiger partial charge in [0.15, 0.2) is 23.1 Å². The van der Waals surface area contributed by atoms with Crippen molar-refractivity contribution in [3.8, 4) is 11.5 Å². The Morgan fingerprint density at radius 1 is 1.10 bits per heavy atom. The van der Waals surface area contributed by atoms with Crippen LogP contribution in [-0.4, -0.2) is 46.3 Å². The first kappa shape index (κ1) is 21.9. The first-order valence-corrected chi connectivity index (χ1v) is 11.5. The normalized spacial score (nSPS) is 19.5. The molecular weight excluding hydrogens is 513 g/mol. The molecule has 1 aliphatic heterocycles. The van der Waals surface area contributed by atoms with Crippen LogP contribution in [-0.2, 0) is 14.4 Å². The smallest absolute Gasteiger partial charge is 0.305 e. The fourth-order valence-electron chi connectivity index (χ4n) is 4.94. The van der Waals surface area contributed by atoms with Crippen LogP contribution in [0.1, 0.15) is 56.4 Å². The lowest BCUT2D eigenvalue weighted by molar-refractivity contribution is -0.137. The van der Waals surface area contributed by atoms with Gasteiger partial charge in [0.2, 0.25) is 0 Å². The summed E-state index contributed by atoms with van der Waals surface area (Å²) < 4.78 is 5.92. The van der Waals surface area contributed by atoms with Gasteiger partial charge in [-0.15, -0.1) is 0 Å². The quantitative estimate of drug-likeness (QED) is 0.550. The van der Waals surface area contributed by atoms with Gasteiger partial charge in [-0.3, -0.25) is 14.4 Å². The number of allylic oxidation sites excluding steroid dienone is 4. The van der Waals surface area contributed by atoms with E-state index in [0.717, 1.165) is 17.0 Å². The van der Waals surface area contributed by atoms with E-state index in [1.54, 1.807) is 12.1 Å². The van der Waals surface area contributed by atoms with Crippen LogP contribution in [0.5, 0.6) is 11.5 Å². The molecule has 0 amide bonds. The standard InChI is InChI=1S/C23H24INO6/c1-31-18-11-12(10-13(24)23(18)30)20-21-14(4-2-6-16(21)26)25(9-8-19(28)29)15-5-3-7-17(27)22(15)20/h10-11,20,30H,2-9H2,1H3,(H,28,29). The number of carboxylic acids is 1. The summed E-state index contributed by atoms with van der Waals surface area (Å²) in [5.74, 6) is -1.11. The third-order valence-corrected chi connectivity index (χ3v) is 7.06. The highest BCUT2D eigenvalue weighted by atomic mass is 127. The highest BCUT2D eigenvalue weighted by Crippen LogP contribution is 2.50. The largest absolute Gasteiger partial charge is 0.504 e. The minimum absolute atomic E-state index is 0.00134. The summed E-state index contributed by atoms with van der Waals surface area (Å²) in [4.78, 5) is 39.6. The average Bonchev–Trinajstić information content (AvgIpc) is 2.73. The lowest BCUT2D eigenvalue weighted by Gasteiger charge is -2.44. The fourth-order valence-corrected chi connectivity index (χ4v) is 5.57. The van der Waals surface area contributed by atoms with E-state index in [2.05, 4.69) is 0 Å². The lowest BCUT2D eigenvalue weighted by Crippen LogP contribution is -2.39. The van der Waals surface area contributed by atoms with Gasteiger partial charge in [0, 0.05) is 47.8 Å². The molecule has 0 bridgehead atoms. The van der Waals surface area contributed by atoms with Crippen LogP contribution >= 0.6 is 22.6 Å². The number of rotatable bonds is 5. The first-order valence-electron chi connectivity index (χ1n) is 10.4. The Balaban J connectivity index is 1.95. The molecule has 1 aromatic carbocycles. The predicted molar refractivity (Wildman–Crippen MR) is 121 cm³/mol. The summed E-state index contributed by atoms with van der Waals surface area (Å²) >= 11 is 2.02. The van der Waals surface area contributed by atoms with Crippen molar-refractivity contribution < 1.29 is 29.3 Å². The number of methoxy groups -OCH3 is 1. The molecule has 0 unspecified atom stereocenters. The molecule has 0 saturated heterocycles. The number of Topliss-reactive ketones (excluding diaryl/α,β-unsaturated/α-hetero) is 2. The average molecular weight is 537 g/mol. The summed E-state index contributed by atoms with van der Waals surface area (Å²) in [6.07, 6.45) is 3.52. The van der Waals surface area contributed by atoms with E-state index < -0.39 is 11.9 Å². The summed E-state index contributed by atoms with van der Waals surface area (Å²) in [5, 5.41) is 19.6. The Hall–Kier alpha value is -2.36. The van der Waals surface area contributed by atoms with Gasteiger partial charge in [0.1, 0.15) is 0 Å². The highest BCUT2D eigenvalue weighted by Gasteiger charge is 2.43. The maximum atomic E-state index is 13.2. The second-order valence-corrected chi connectivity index (χ2v) is 9.22. The number of benzene rings is 1. The summed E-state index contributed by atoms with van der Waals surface area (Å²) in [6.45, 7) is 0.247. The molecule has 0 atom stereocenters. The molecule has 0 fully saturated rings. The number of aromatic hydroxyl groups is 1. The molecule has 0 aromatic heterocycles. The molecule has 1 heterocycles. The van der Waals surface area contributed by atoms with Gasteiger partial charge >= 0.3 is 5.97 Å². The van der Waals surface area contributed by atoms with E-state index in [9.17, 15) is 24.6 Å². The minimum atomic E-state index is -0.909. The van der Waals surface area contributed by atoms with Gasteiger partial charge in [-0.1, -0.05) is 0 Å². The molecule has 0 spiro atoms. The van der Waals surface area contributed by atoms with E-state index in [1.807, 2.05) is 27.5 Å². The van der Waals surface area contributed by atoms with Crippen molar-refractivity contribution in [1.29, 1.82) is 0 Å². The van der Waals surface area contributed by atoms with E-state index in [0.29, 0.717) is 59.0 Å². The van der Waals surface area contributed by atoms with Crippen LogP contribution in [0.25, 0.3) is 0 Å². The van der Waals surface area contributed by atoms with Crippen LogP contribution in [0.4, 0.5) is 0 Å². The monoisotopic (exact) mass is 537 g/mol. The molecule has 1 aromatic rings. The summed E-state index contributed by atoms with van der Waals surface area (Å²) in [5.41, 5.74) is 3.61. The second-order valence-electron chi connectivity index (χ2n) is 8.06. The number of carbonyl (C=O) groups is 3. The molecule has 4 rings (SSSR count). The van der Waals surface area contributed by atoms with Gasteiger partial charge in [-0.2, -0.15) is 0 Å². The zero-order valence-electron chi connectivity index (χ0n) is 17.2. The molecule has 2 aliphatic carbocycles. The Labute approximate surface area is 193 Å². The summed E-state index contributed by atoms with van der Waals surface area (Å²) in [6, 6.07) is 3.50. The maximum Gasteiger partial charge on any atom is 0.305 e. The van der Waals surface area contributed by atoms with Crippen molar-refractivity contribution in [3.05, 3.63) is 43.8 Å². The highest BCUT2D eigenvalue weighted by molar-refractivity contribution is 14.1. The Morgan fingerprint density at radius 2 is 1.68 bits per heavy atom. The molecule has 8 heteroatoms. The molecule has 164 valence electrons. The van der Waals surface area contributed by atoms with E-state index in [1.165, 1.54) is 7.11 Å². The molecule has 2 N–H and O–H groups in total. The number of carboxylic acid groups (broad SMARTS) is 1. The Kier molecular flexibility index (Phi) is 6.09. The van der Waals surface area contributed by atoms with Crippen LogP contribution < -0.4 is 4.74 Å². The van der Waals surface area contributed by atoms with Crippen molar-refractivity contribution in [1.82, 2.24) is 4.90 Å². The number of halogens is 1. The molecule has 0 saturated carbocycles. The maximum absolute atomic E-state index is 13.2. The third kappa shape index (κ3) is 3.86. The van der Waals surface area contributed by atoms with Crippen LogP contribution in [0.2, 0.25) is 0 Å². The Morgan fingerprint density at radius 3 is 2.19 bits per heavy atom. The number of hydrogen-bond acceptors (Lipinski definition) is 6. The Bertz CT molecular complexity index is 997. The molecular formula is C23H24INO6. The molecule has 0 radical (unpaired) electrons. The van der Waals surface area contributed by atoms with Gasteiger partial charge < -0.3 is 19.8 Å².